The van der Waals surface area contributed by atoms with E-state index in [1.54, 1.807) is 0 Å². The normalized spacial score (nSPS) is 15.6. The number of rotatable bonds is 5. The number of anilines is 1. The molecule has 2 aromatic carbocycles. The summed E-state index contributed by atoms with van der Waals surface area (Å²) in [4.78, 5) is 19.1. The first-order chi connectivity index (χ1) is 15.3. The average Bonchev–Trinajstić information content (AvgIpc) is 3.23. The zero-order valence-corrected chi connectivity index (χ0v) is 17.5. The summed E-state index contributed by atoms with van der Waals surface area (Å²) >= 11 is 0. The van der Waals surface area contributed by atoms with Gasteiger partial charge in [0, 0.05) is 17.2 Å². The van der Waals surface area contributed by atoms with E-state index in [0.717, 1.165) is 23.3 Å². The maximum atomic E-state index is 12.9. The number of carbonyl (C=O) groups is 1. The molecule has 1 amide bonds. The minimum Gasteiger partial charge on any atom is -0.334 e. The van der Waals surface area contributed by atoms with Gasteiger partial charge in [-0.3, -0.25) is 9.69 Å². The third-order valence-corrected chi connectivity index (χ3v) is 5.55. The number of halogens is 3. The molecule has 1 aromatic heterocycles. The monoisotopic (exact) mass is 444 g/mol. The van der Waals surface area contributed by atoms with Crippen molar-refractivity contribution in [2.45, 2.75) is 32.5 Å². The second-order valence-electron chi connectivity index (χ2n) is 8.00. The van der Waals surface area contributed by atoms with Crippen LogP contribution in [0.3, 0.4) is 0 Å². The van der Waals surface area contributed by atoms with Gasteiger partial charge in [-0.1, -0.05) is 28.9 Å². The molecule has 1 aliphatic heterocycles. The molecule has 1 fully saturated rings. The van der Waals surface area contributed by atoms with Gasteiger partial charge in [-0.15, -0.1) is 0 Å². The van der Waals surface area contributed by atoms with Crippen molar-refractivity contribution in [2.75, 3.05) is 18.4 Å². The van der Waals surface area contributed by atoms with Crippen molar-refractivity contribution in [1.82, 2.24) is 15.0 Å². The van der Waals surface area contributed by atoms with Gasteiger partial charge in [-0.25, -0.2) is 0 Å². The van der Waals surface area contributed by atoms with Gasteiger partial charge in [0.05, 0.1) is 12.1 Å². The van der Waals surface area contributed by atoms with E-state index in [1.807, 2.05) is 31.2 Å². The molecule has 1 N–H and O–H groups in total. The van der Waals surface area contributed by atoms with Gasteiger partial charge >= 0.3 is 6.18 Å². The zero-order chi connectivity index (χ0) is 22.7. The number of hydrogen-bond donors (Lipinski definition) is 1. The molecule has 0 unspecified atom stereocenters. The van der Waals surface area contributed by atoms with Gasteiger partial charge in [0.1, 0.15) is 0 Å². The summed E-state index contributed by atoms with van der Waals surface area (Å²) in [6.45, 7) is 3.84. The van der Waals surface area contributed by atoms with E-state index in [1.165, 1.54) is 12.1 Å². The molecule has 0 aliphatic carbocycles. The van der Waals surface area contributed by atoms with E-state index >= 15 is 0 Å². The summed E-state index contributed by atoms with van der Waals surface area (Å²) < 4.78 is 43.9. The van der Waals surface area contributed by atoms with E-state index < -0.39 is 11.7 Å². The molecule has 9 heteroatoms. The van der Waals surface area contributed by atoms with Crippen LogP contribution in [0.1, 0.15) is 29.8 Å². The second-order valence-corrected chi connectivity index (χ2v) is 8.00. The number of aryl methyl sites for hydroxylation is 1. The van der Waals surface area contributed by atoms with E-state index in [2.05, 4.69) is 20.4 Å². The molecule has 3 aromatic rings. The minimum atomic E-state index is -4.44. The first-order valence-corrected chi connectivity index (χ1v) is 10.4. The van der Waals surface area contributed by atoms with Crippen molar-refractivity contribution >= 4 is 11.6 Å². The molecular weight excluding hydrogens is 421 g/mol. The number of carbonyl (C=O) groups excluding carboxylic acids is 1. The molecule has 0 radical (unpaired) electrons. The Balaban J connectivity index is 1.29. The summed E-state index contributed by atoms with van der Waals surface area (Å²) in [5.41, 5.74) is 1.38. The largest absolute Gasteiger partial charge is 0.416 e. The second kappa shape index (κ2) is 9.12. The standard InChI is InChI=1S/C23H23F3N4O2/c1-15-5-7-17(8-6-15)22-28-20(29-32-22)14-30-11-9-16(10-12-30)21(31)27-19-4-2-3-18(13-19)23(24,25)26/h2-8,13,16H,9-12,14H2,1H3,(H,27,31). The summed E-state index contributed by atoms with van der Waals surface area (Å²) in [6.07, 6.45) is -3.23. The van der Waals surface area contributed by atoms with Crippen LogP contribution >= 0.6 is 0 Å². The third kappa shape index (κ3) is 5.34. The molecule has 32 heavy (non-hydrogen) atoms. The lowest BCUT2D eigenvalue weighted by molar-refractivity contribution is -0.137. The van der Waals surface area contributed by atoms with Crippen molar-refractivity contribution < 1.29 is 22.5 Å². The molecule has 168 valence electrons. The fourth-order valence-corrected chi connectivity index (χ4v) is 3.70. The molecule has 0 bridgehead atoms. The summed E-state index contributed by atoms with van der Waals surface area (Å²) in [5.74, 6) is 0.530. The van der Waals surface area contributed by atoms with Gasteiger partial charge in [0.2, 0.25) is 5.91 Å². The van der Waals surface area contributed by atoms with Gasteiger partial charge < -0.3 is 9.84 Å². The Hall–Kier alpha value is -3.20. The van der Waals surface area contributed by atoms with Crippen LogP contribution in [-0.2, 0) is 17.5 Å². The quantitative estimate of drug-likeness (QED) is 0.605. The van der Waals surface area contributed by atoms with Crippen LogP contribution < -0.4 is 5.32 Å². The molecule has 4 rings (SSSR count). The molecule has 1 aliphatic rings. The van der Waals surface area contributed by atoms with Crippen LogP contribution in [0.4, 0.5) is 18.9 Å². The predicted molar refractivity (Wildman–Crippen MR) is 113 cm³/mol. The fraction of sp³-hybridized carbons (Fsp3) is 0.348. The number of aromatic nitrogens is 2. The van der Waals surface area contributed by atoms with Crippen molar-refractivity contribution in [2.24, 2.45) is 5.92 Å². The smallest absolute Gasteiger partial charge is 0.334 e. The maximum Gasteiger partial charge on any atom is 0.416 e. The molecular formula is C23H23F3N4O2. The lowest BCUT2D eigenvalue weighted by Gasteiger charge is -2.30. The maximum absolute atomic E-state index is 12.9. The van der Waals surface area contributed by atoms with Gasteiger partial charge in [-0.2, -0.15) is 18.2 Å². The SMILES string of the molecule is Cc1ccc(-c2nc(CN3CCC(C(=O)Nc4cccc(C(F)(F)F)c4)CC3)no2)cc1. The zero-order valence-electron chi connectivity index (χ0n) is 17.5. The Morgan fingerprint density at radius 1 is 1.16 bits per heavy atom. The number of alkyl halides is 3. The highest BCUT2D eigenvalue weighted by Gasteiger charge is 2.31. The topological polar surface area (TPSA) is 71.3 Å². The Bertz CT molecular complexity index is 1070. The average molecular weight is 444 g/mol. The van der Waals surface area contributed by atoms with Crippen LogP contribution in [0.15, 0.2) is 53.1 Å². The minimum absolute atomic E-state index is 0.155. The van der Waals surface area contributed by atoms with Crippen LogP contribution in [0.2, 0.25) is 0 Å². The Morgan fingerprint density at radius 2 is 1.88 bits per heavy atom. The van der Waals surface area contributed by atoms with Gasteiger partial charge in [0.25, 0.3) is 5.89 Å². The highest BCUT2D eigenvalue weighted by Crippen LogP contribution is 2.31. The van der Waals surface area contributed by atoms with E-state index in [0.29, 0.717) is 44.2 Å². The van der Waals surface area contributed by atoms with E-state index in [9.17, 15) is 18.0 Å². The molecule has 0 atom stereocenters. The number of piperidine rings is 1. The van der Waals surface area contributed by atoms with Crippen LogP contribution in [0, 0.1) is 12.8 Å². The first-order valence-electron chi connectivity index (χ1n) is 10.4. The highest BCUT2D eigenvalue weighted by molar-refractivity contribution is 5.92. The molecule has 0 spiro atoms. The van der Waals surface area contributed by atoms with Crippen LogP contribution in [0.25, 0.3) is 11.5 Å². The Kier molecular flexibility index (Phi) is 6.27. The number of nitrogens with one attached hydrogen (secondary N) is 1. The summed E-state index contributed by atoms with van der Waals surface area (Å²) in [5, 5.41) is 6.67. The van der Waals surface area contributed by atoms with Crippen molar-refractivity contribution in [3.05, 3.63) is 65.5 Å². The van der Waals surface area contributed by atoms with Crippen LogP contribution in [0.5, 0.6) is 0 Å². The van der Waals surface area contributed by atoms with E-state index in [-0.39, 0.29) is 17.5 Å². The fourth-order valence-electron chi connectivity index (χ4n) is 3.70. The van der Waals surface area contributed by atoms with Gasteiger partial charge in [0.15, 0.2) is 5.82 Å². The van der Waals surface area contributed by atoms with Crippen LogP contribution in [-0.4, -0.2) is 34.0 Å². The number of amides is 1. The van der Waals surface area contributed by atoms with Crippen molar-refractivity contribution in [3.63, 3.8) is 0 Å². The number of hydrogen-bond acceptors (Lipinski definition) is 5. The first kappa shape index (κ1) is 22.0. The Morgan fingerprint density at radius 3 is 2.56 bits per heavy atom. The van der Waals surface area contributed by atoms with Gasteiger partial charge in [-0.05, 0) is 63.2 Å². The number of likely N-dealkylation sites (tertiary alicyclic amines) is 1. The lowest BCUT2D eigenvalue weighted by Crippen LogP contribution is -2.38. The molecule has 0 saturated carbocycles. The van der Waals surface area contributed by atoms with Crippen molar-refractivity contribution in [3.8, 4) is 11.5 Å². The Labute approximate surface area is 183 Å². The predicted octanol–water partition coefficient (Wildman–Crippen LogP) is 4.91. The summed E-state index contributed by atoms with van der Waals surface area (Å²) in [7, 11) is 0. The number of nitrogens with zero attached hydrogens (tertiary/aromatic N) is 3. The molecule has 2 heterocycles. The molecule has 6 nitrogen and oxygen atoms in total. The van der Waals surface area contributed by atoms with E-state index in [4.69, 9.17) is 4.52 Å². The third-order valence-electron chi connectivity index (χ3n) is 5.55. The number of benzene rings is 2. The lowest BCUT2D eigenvalue weighted by atomic mass is 9.95. The summed E-state index contributed by atoms with van der Waals surface area (Å²) in [6, 6.07) is 12.5. The van der Waals surface area contributed by atoms with Crippen molar-refractivity contribution in [1.29, 1.82) is 0 Å². The highest BCUT2D eigenvalue weighted by atomic mass is 19.4. The molecule has 1 saturated heterocycles.